The van der Waals surface area contributed by atoms with E-state index in [1.807, 2.05) is 18.2 Å². The van der Waals surface area contributed by atoms with Gasteiger partial charge in [0.1, 0.15) is 0 Å². The van der Waals surface area contributed by atoms with E-state index >= 15 is 0 Å². The standard InChI is InChI=1S/C16H24N2/c1-4-5-8-11-18(14(2)3)13-16-10-7-6-9-15(16)12-17/h6-7,9-10,14H,4-5,8,11,13H2,1-3H3. The molecule has 0 N–H and O–H groups in total. The molecule has 0 atom stereocenters. The number of hydrogen-bond donors (Lipinski definition) is 0. The first-order valence-corrected chi connectivity index (χ1v) is 6.91. The fraction of sp³-hybridized carbons (Fsp3) is 0.562. The molecule has 0 aliphatic rings. The van der Waals surface area contributed by atoms with Gasteiger partial charge in [-0.1, -0.05) is 38.0 Å². The molecule has 0 saturated carbocycles. The minimum Gasteiger partial charge on any atom is -0.297 e. The summed E-state index contributed by atoms with van der Waals surface area (Å²) in [5.74, 6) is 0. The molecule has 2 nitrogen and oxygen atoms in total. The van der Waals surface area contributed by atoms with Gasteiger partial charge in [0.15, 0.2) is 0 Å². The molecule has 0 bridgehead atoms. The highest BCUT2D eigenvalue weighted by molar-refractivity contribution is 5.37. The molecule has 0 unspecified atom stereocenters. The van der Waals surface area contributed by atoms with Crippen molar-refractivity contribution in [3.63, 3.8) is 0 Å². The third-order valence-corrected chi connectivity index (χ3v) is 3.29. The Balaban J connectivity index is 2.68. The van der Waals surface area contributed by atoms with Gasteiger partial charge in [-0.05, 0) is 38.4 Å². The molecule has 1 aromatic rings. The molecule has 0 saturated heterocycles. The normalized spacial score (nSPS) is 10.9. The van der Waals surface area contributed by atoms with Crippen molar-refractivity contribution in [2.75, 3.05) is 6.54 Å². The molecular formula is C16H24N2. The van der Waals surface area contributed by atoms with Crippen LogP contribution in [0.5, 0.6) is 0 Å². The second-order valence-electron chi connectivity index (χ2n) is 5.04. The van der Waals surface area contributed by atoms with Gasteiger partial charge in [0.05, 0.1) is 11.6 Å². The Hall–Kier alpha value is -1.33. The average molecular weight is 244 g/mol. The second-order valence-corrected chi connectivity index (χ2v) is 5.04. The molecule has 2 heteroatoms. The Kier molecular flexibility index (Phi) is 6.46. The lowest BCUT2D eigenvalue weighted by molar-refractivity contribution is 0.208. The minimum absolute atomic E-state index is 0.522. The van der Waals surface area contributed by atoms with Gasteiger partial charge >= 0.3 is 0 Å². The van der Waals surface area contributed by atoms with Crippen LogP contribution >= 0.6 is 0 Å². The Bertz CT molecular complexity index is 390. The van der Waals surface area contributed by atoms with Crippen molar-refractivity contribution in [2.24, 2.45) is 0 Å². The summed E-state index contributed by atoms with van der Waals surface area (Å²) in [7, 11) is 0. The van der Waals surface area contributed by atoms with Gasteiger partial charge in [0, 0.05) is 12.6 Å². The van der Waals surface area contributed by atoms with E-state index in [2.05, 4.69) is 37.8 Å². The first-order valence-electron chi connectivity index (χ1n) is 6.91. The molecule has 0 fully saturated rings. The van der Waals surface area contributed by atoms with Crippen LogP contribution in [-0.4, -0.2) is 17.5 Å². The molecule has 0 aliphatic heterocycles. The molecule has 0 radical (unpaired) electrons. The molecule has 0 heterocycles. The highest BCUT2D eigenvalue weighted by Gasteiger charge is 2.11. The average Bonchev–Trinajstić information content (AvgIpc) is 2.38. The molecule has 0 aliphatic carbocycles. The van der Waals surface area contributed by atoms with Crippen LogP contribution in [0.2, 0.25) is 0 Å². The summed E-state index contributed by atoms with van der Waals surface area (Å²) in [5, 5.41) is 9.12. The third-order valence-electron chi connectivity index (χ3n) is 3.29. The molecule has 0 amide bonds. The molecule has 1 rings (SSSR count). The predicted molar refractivity (Wildman–Crippen MR) is 76.2 cm³/mol. The quantitative estimate of drug-likeness (QED) is 0.679. The number of rotatable bonds is 7. The van der Waals surface area contributed by atoms with Gasteiger partial charge in [-0.15, -0.1) is 0 Å². The molecule has 18 heavy (non-hydrogen) atoms. The summed E-state index contributed by atoms with van der Waals surface area (Å²) < 4.78 is 0. The van der Waals surface area contributed by atoms with Gasteiger partial charge in [-0.25, -0.2) is 0 Å². The largest absolute Gasteiger partial charge is 0.297 e. The van der Waals surface area contributed by atoms with Crippen molar-refractivity contribution in [2.45, 2.75) is 52.6 Å². The lowest BCUT2D eigenvalue weighted by Crippen LogP contribution is -2.31. The van der Waals surface area contributed by atoms with Gasteiger partial charge in [0.2, 0.25) is 0 Å². The first kappa shape index (κ1) is 14.7. The number of unbranched alkanes of at least 4 members (excludes halogenated alkanes) is 2. The van der Waals surface area contributed by atoms with E-state index in [1.165, 1.54) is 19.3 Å². The highest BCUT2D eigenvalue weighted by Crippen LogP contribution is 2.13. The summed E-state index contributed by atoms with van der Waals surface area (Å²) in [6, 6.07) is 10.7. The van der Waals surface area contributed by atoms with Crippen LogP contribution in [-0.2, 0) is 6.54 Å². The lowest BCUT2D eigenvalue weighted by atomic mass is 10.1. The molecular weight excluding hydrogens is 220 g/mol. The van der Waals surface area contributed by atoms with Crippen molar-refractivity contribution < 1.29 is 0 Å². The zero-order valence-electron chi connectivity index (χ0n) is 11.8. The minimum atomic E-state index is 0.522. The van der Waals surface area contributed by atoms with Crippen molar-refractivity contribution in [3.8, 4) is 6.07 Å². The summed E-state index contributed by atoms with van der Waals surface area (Å²) >= 11 is 0. The van der Waals surface area contributed by atoms with Gasteiger partial charge in [-0.3, -0.25) is 4.90 Å². The Morgan fingerprint density at radius 1 is 1.22 bits per heavy atom. The number of nitriles is 1. The van der Waals surface area contributed by atoms with E-state index in [0.29, 0.717) is 6.04 Å². The zero-order chi connectivity index (χ0) is 13.4. The van der Waals surface area contributed by atoms with Crippen LogP contribution in [0.3, 0.4) is 0 Å². The second kappa shape index (κ2) is 7.89. The summed E-state index contributed by atoms with van der Waals surface area (Å²) in [5.41, 5.74) is 1.95. The summed E-state index contributed by atoms with van der Waals surface area (Å²) in [6.45, 7) is 8.67. The molecule has 98 valence electrons. The summed E-state index contributed by atoms with van der Waals surface area (Å²) in [4.78, 5) is 2.45. The number of benzene rings is 1. The Morgan fingerprint density at radius 2 is 1.94 bits per heavy atom. The smallest absolute Gasteiger partial charge is 0.0995 e. The third kappa shape index (κ3) is 4.50. The zero-order valence-corrected chi connectivity index (χ0v) is 11.8. The maximum absolute atomic E-state index is 9.12. The SMILES string of the molecule is CCCCCN(Cc1ccccc1C#N)C(C)C. The summed E-state index contributed by atoms with van der Waals surface area (Å²) in [6.07, 6.45) is 3.77. The maximum Gasteiger partial charge on any atom is 0.0995 e. The fourth-order valence-corrected chi connectivity index (χ4v) is 2.07. The van der Waals surface area contributed by atoms with Crippen molar-refractivity contribution >= 4 is 0 Å². The topological polar surface area (TPSA) is 27.0 Å². The van der Waals surface area contributed by atoms with Crippen LogP contribution in [0.25, 0.3) is 0 Å². The van der Waals surface area contributed by atoms with Gasteiger partial charge < -0.3 is 0 Å². The van der Waals surface area contributed by atoms with E-state index in [9.17, 15) is 0 Å². The molecule has 0 aromatic heterocycles. The highest BCUT2D eigenvalue weighted by atomic mass is 15.1. The van der Waals surface area contributed by atoms with Crippen molar-refractivity contribution in [1.82, 2.24) is 4.90 Å². The van der Waals surface area contributed by atoms with E-state index in [1.54, 1.807) is 0 Å². The fourth-order valence-electron chi connectivity index (χ4n) is 2.07. The van der Waals surface area contributed by atoms with Crippen LogP contribution in [0.4, 0.5) is 0 Å². The van der Waals surface area contributed by atoms with E-state index in [0.717, 1.165) is 24.2 Å². The Labute approximate surface area is 111 Å². The predicted octanol–water partition coefficient (Wildman–Crippen LogP) is 3.96. The van der Waals surface area contributed by atoms with Gasteiger partial charge in [0.25, 0.3) is 0 Å². The van der Waals surface area contributed by atoms with Crippen molar-refractivity contribution in [1.29, 1.82) is 5.26 Å². The van der Waals surface area contributed by atoms with Crippen LogP contribution < -0.4 is 0 Å². The maximum atomic E-state index is 9.12. The Morgan fingerprint density at radius 3 is 2.56 bits per heavy atom. The molecule has 0 spiro atoms. The van der Waals surface area contributed by atoms with E-state index in [4.69, 9.17) is 5.26 Å². The first-order chi connectivity index (χ1) is 8.69. The van der Waals surface area contributed by atoms with Gasteiger partial charge in [-0.2, -0.15) is 5.26 Å². The number of hydrogen-bond acceptors (Lipinski definition) is 2. The van der Waals surface area contributed by atoms with E-state index in [-0.39, 0.29) is 0 Å². The van der Waals surface area contributed by atoms with Crippen LogP contribution in [0.1, 0.15) is 51.2 Å². The lowest BCUT2D eigenvalue weighted by Gasteiger charge is -2.26. The van der Waals surface area contributed by atoms with Crippen LogP contribution in [0, 0.1) is 11.3 Å². The molecule has 1 aromatic carbocycles. The van der Waals surface area contributed by atoms with Crippen molar-refractivity contribution in [3.05, 3.63) is 35.4 Å². The van der Waals surface area contributed by atoms with E-state index < -0.39 is 0 Å². The number of nitrogens with zero attached hydrogens (tertiary/aromatic N) is 2. The monoisotopic (exact) mass is 244 g/mol. The van der Waals surface area contributed by atoms with Crippen LogP contribution in [0.15, 0.2) is 24.3 Å².